The summed E-state index contributed by atoms with van der Waals surface area (Å²) >= 11 is 0. The number of aliphatic carboxylic acids is 1. The minimum absolute atomic E-state index is 0.296. The van der Waals surface area contributed by atoms with Crippen LogP contribution in [0.15, 0.2) is 43.0 Å². The molecule has 2 heterocycles. The maximum Gasteiger partial charge on any atom is 0.327 e. The van der Waals surface area contributed by atoms with Gasteiger partial charge in [0.2, 0.25) is 0 Å². The van der Waals surface area contributed by atoms with Gasteiger partial charge in [-0.15, -0.1) is 0 Å². The van der Waals surface area contributed by atoms with Crippen molar-refractivity contribution in [3.8, 4) is 0 Å². The van der Waals surface area contributed by atoms with Crippen LogP contribution in [0.1, 0.15) is 5.56 Å². The number of rotatable bonds is 2. The van der Waals surface area contributed by atoms with Crippen molar-refractivity contribution in [2.75, 3.05) is 10.2 Å². The number of hydrogen-bond donors (Lipinski definition) is 2. The number of carboxylic acid groups (broad SMARTS) is 1. The average molecular weight is 284 g/mol. The van der Waals surface area contributed by atoms with E-state index < -0.39 is 18.0 Å². The van der Waals surface area contributed by atoms with Crippen LogP contribution in [0.5, 0.6) is 0 Å². The van der Waals surface area contributed by atoms with Gasteiger partial charge in [-0.2, -0.15) is 0 Å². The lowest BCUT2D eigenvalue weighted by Gasteiger charge is -2.22. The number of benzene rings is 1. The van der Waals surface area contributed by atoms with Gasteiger partial charge in [-0.3, -0.25) is 4.90 Å². The lowest BCUT2D eigenvalue weighted by Crippen LogP contribution is -2.45. The summed E-state index contributed by atoms with van der Waals surface area (Å²) in [5.41, 5.74) is 1.86. The molecule has 0 radical (unpaired) electrons. The summed E-state index contributed by atoms with van der Waals surface area (Å²) in [6.07, 6.45) is 4.54. The Morgan fingerprint density at radius 1 is 1.24 bits per heavy atom. The number of carbonyl (C=O) groups is 2. The summed E-state index contributed by atoms with van der Waals surface area (Å²) in [5.74, 6) is -1.04. The van der Waals surface area contributed by atoms with Gasteiger partial charge in [-0.05, 0) is 11.6 Å². The van der Waals surface area contributed by atoms with E-state index in [-0.39, 0.29) is 0 Å². The predicted molar refractivity (Wildman–Crippen MR) is 75.1 cm³/mol. The standard InChI is InChI=1S/C14H12N4O3/c19-13(20)12-5-9-3-1-2-4-11(9)18(12)14(21)17-10-6-15-8-16-7-10/h1-4,6-8,12H,5H2,(H,17,21)(H,19,20). The van der Waals surface area contributed by atoms with E-state index in [1.807, 2.05) is 12.1 Å². The van der Waals surface area contributed by atoms with Gasteiger partial charge in [0.25, 0.3) is 0 Å². The zero-order valence-corrected chi connectivity index (χ0v) is 10.9. The molecule has 0 aliphatic carbocycles. The second-order valence-electron chi connectivity index (χ2n) is 4.61. The van der Waals surface area contributed by atoms with E-state index in [0.717, 1.165) is 5.56 Å². The van der Waals surface area contributed by atoms with Crippen LogP contribution >= 0.6 is 0 Å². The Bertz CT molecular complexity index is 690. The molecule has 7 nitrogen and oxygen atoms in total. The van der Waals surface area contributed by atoms with Crippen molar-refractivity contribution in [1.29, 1.82) is 0 Å². The quantitative estimate of drug-likeness (QED) is 0.871. The van der Waals surface area contributed by atoms with Gasteiger partial charge in [0, 0.05) is 12.1 Å². The topological polar surface area (TPSA) is 95.4 Å². The lowest BCUT2D eigenvalue weighted by molar-refractivity contribution is -0.138. The number of urea groups is 1. The summed E-state index contributed by atoms with van der Waals surface area (Å²) in [6.45, 7) is 0. The van der Waals surface area contributed by atoms with Gasteiger partial charge in [-0.25, -0.2) is 19.6 Å². The maximum absolute atomic E-state index is 12.4. The molecule has 0 saturated heterocycles. The largest absolute Gasteiger partial charge is 0.480 e. The van der Waals surface area contributed by atoms with Gasteiger partial charge < -0.3 is 10.4 Å². The molecule has 2 N–H and O–H groups in total. The molecule has 3 rings (SSSR count). The van der Waals surface area contributed by atoms with Crippen molar-refractivity contribution in [2.24, 2.45) is 0 Å². The zero-order chi connectivity index (χ0) is 14.8. The number of fused-ring (bicyclic) bond motifs is 1. The third-order valence-electron chi connectivity index (χ3n) is 3.29. The van der Waals surface area contributed by atoms with Crippen molar-refractivity contribution < 1.29 is 14.7 Å². The SMILES string of the molecule is O=C(O)C1Cc2ccccc2N1C(=O)Nc1cncnc1. The summed E-state index contributed by atoms with van der Waals surface area (Å²) in [4.78, 5) is 32.6. The summed E-state index contributed by atoms with van der Waals surface area (Å²) < 4.78 is 0. The molecule has 0 spiro atoms. The molecular weight excluding hydrogens is 272 g/mol. The van der Waals surface area contributed by atoms with Gasteiger partial charge in [0.15, 0.2) is 0 Å². The first-order valence-corrected chi connectivity index (χ1v) is 6.33. The Balaban J connectivity index is 1.91. The fraction of sp³-hybridized carbons (Fsp3) is 0.143. The number of aromatic nitrogens is 2. The Morgan fingerprint density at radius 3 is 2.67 bits per heavy atom. The average Bonchev–Trinajstić information content (AvgIpc) is 2.88. The van der Waals surface area contributed by atoms with E-state index in [9.17, 15) is 14.7 Å². The van der Waals surface area contributed by atoms with Crippen molar-refractivity contribution in [1.82, 2.24) is 9.97 Å². The van der Waals surface area contributed by atoms with Crippen LogP contribution in [0, 0.1) is 0 Å². The molecule has 1 aromatic carbocycles. The fourth-order valence-electron chi connectivity index (χ4n) is 2.38. The van der Waals surface area contributed by atoms with E-state index in [4.69, 9.17) is 0 Å². The van der Waals surface area contributed by atoms with Crippen LogP contribution < -0.4 is 10.2 Å². The number of hydrogen-bond acceptors (Lipinski definition) is 4. The van der Waals surface area contributed by atoms with Gasteiger partial charge in [-0.1, -0.05) is 18.2 Å². The van der Waals surface area contributed by atoms with E-state index >= 15 is 0 Å². The molecule has 0 saturated carbocycles. The number of carbonyl (C=O) groups excluding carboxylic acids is 1. The first-order chi connectivity index (χ1) is 10.2. The molecular formula is C14H12N4O3. The number of carboxylic acids is 1. The molecule has 0 fully saturated rings. The second kappa shape index (κ2) is 5.20. The number of nitrogens with zero attached hydrogens (tertiary/aromatic N) is 3. The van der Waals surface area contributed by atoms with E-state index in [1.54, 1.807) is 12.1 Å². The van der Waals surface area contributed by atoms with Crippen molar-refractivity contribution in [3.05, 3.63) is 48.5 Å². The maximum atomic E-state index is 12.4. The monoisotopic (exact) mass is 284 g/mol. The molecule has 1 aliphatic heterocycles. The van der Waals surface area contributed by atoms with Crippen LogP contribution in [0.3, 0.4) is 0 Å². The highest BCUT2D eigenvalue weighted by molar-refractivity contribution is 6.07. The van der Waals surface area contributed by atoms with Crippen LogP contribution in [-0.4, -0.2) is 33.1 Å². The molecule has 106 valence electrons. The van der Waals surface area contributed by atoms with Gasteiger partial charge in [0.05, 0.1) is 18.1 Å². The normalized spacial score (nSPS) is 16.4. The minimum atomic E-state index is -1.04. The highest BCUT2D eigenvalue weighted by Gasteiger charge is 2.38. The fourth-order valence-corrected chi connectivity index (χ4v) is 2.38. The predicted octanol–water partition coefficient (Wildman–Crippen LogP) is 1.52. The molecule has 1 unspecified atom stereocenters. The van der Waals surface area contributed by atoms with E-state index in [1.165, 1.54) is 23.6 Å². The molecule has 1 aliphatic rings. The lowest BCUT2D eigenvalue weighted by atomic mass is 10.1. The third-order valence-corrected chi connectivity index (χ3v) is 3.29. The molecule has 21 heavy (non-hydrogen) atoms. The molecule has 2 aromatic rings. The van der Waals surface area contributed by atoms with Crippen molar-refractivity contribution >= 4 is 23.4 Å². The Labute approximate surface area is 120 Å². The van der Waals surface area contributed by atoms with Crippen LogP contribution in [0.4, 0.5) is 16.2 Å². The van der Waals surface area contributed by atoms with Gasteiger partial charge >= 0.3 is 12.0 Å². The number of para-hydroxylation sites is 1. The minimum Gasteiger partial charge on any atom is -0.480 e. The number of amides is 2. The number of anilines is 2. The second-order valence-corrected chi connectivity index (χ2v) is 4.61. The van der Waals surface area contributed by atoms with Crippen LogP contribution in [0.25, 0.3) is 0 Å². The highest BCUT2D eigenvalue weighted by atomic mass is 16.4. The Kier molecular flexibility index (Phi) is 3.23. The van der Waals surface area contributed by atoms with E-state index in [0.29, 0.717) is 17.8 Å². The molecule has 1 atom stereocenters. The summed E-state index contributed by atoms with van der Waals surface area (Å²) in [7, 11) is 0. The third kappa shape index (κ3) is 2.40. The van der Waals surface area contributed by atoms with Crippen molar-refractivity contribution in [3.63, 3.8) is 0 Å². The first-order valence-electron chi connectivity index (χ1n) is 6.33. The highest BCUT2D eigenvalue weighted by Crippen LogP contribution is 2.32. The number of nitrogens with one attached hydrogen (secondary N) is 1. The van der Waals surface area contributed by atoms with Crippen LogP contribution in [0.2, 0.25) is 0 Å². The molecule has 7 heteroatoms. The van der Waals surface area contributed by atoms with Crippen molar-refractivity contribution in [2.45, 2.75) is 12.5 Å². The zero-order valence-electron chi connectivity index (χ0n) is 10.9. The van der Waals surface area contributed by atoms with Gasteiger partial charge in [0.1, 0.15) is 12.4 Å². The van der Waals surface area contributed by atoms with Crippen LogP contribution in [-0.2, 0) is 11.2 Å². The molecule has 2 amide bonds. The van der Waals surface area contributed by atoms with E-state index in [2.05, 4.69) is 15.3 Å². The Hall–Kier alpha value is -2.96. The Morgan fingerprint density at radius 2 is 1.95 bits per heavy atom. The summed E-state index contributed by atoms with van der Waals surface area (Å²) in [6, 6.07) is 5.73. The molecule has 1 aromatic heterocycles. The molecule has 0 bridgehead atoms. The first kappa shape index (κ1) is 13.0. The smallest absolute Gasteiger partial charge is 0.327 e. The summed E-state index contributed by atoms with van der Waals surface area (Å²) in [5, 5.41) is 11.9.